The van der Waals surface area contributed by atoms with Crippen LogP contribution in [0.2, 0.25) is 0 Å². The summed E-state index contributed by atoms with van der Waals surface area (Å²) in [7, 11) is 0. The lowest BCUT2D eigenvalue weighted by atomic mass is 10.2. The number of halogens is 1. The molecule has 0 saturated heterocycles. The molecular weight excluding hydrogens is 489 g/mol. The van der Waals surface area contributed by atoms with E-state index >= 15 is 0 Å². The summed E-state index contributed by atoms with van der Waals surface area (Å²) in [4.78, 5) is 9.13. The number of rotatable bonds is 10. The fourth-order valence-electron chi connectivity index (χ4n) is 2.91. The van der Waals surface area contributed by atoms with E-state index in [4.69, 9.17) is 4.74 Å². The van der Waals surface area contributed by atoms with Gasteiger partial charge in [0.1, 0.15) is 12.4 Å². The van der Waals surface area contributed by atoms with Crippen molar-refractivity contribution >= 4 is 29.9 Å². The summed E-state index contributed by atoms with van der Waals surface area (Å²) in [6.45, 7) is 6.09. The summed E-state index contributed by atoms with van der Waals surface area (Å²) >= 11 is 0. The molecule has 0 atom stereocenters. The standard InChI is InChI=1S/C23H29N5O.HI/c1-2-24-23(26-14-16-29-19-21-11-7-4-8-12-21)27-17-22-25-13-15-28(22)18-20-9-5-3-6-10-20;/h3-13,15H,2,14,16-19H2,1H3,(H2,24,26,27);1H. The lowest BCUT2D eigenvalue weighted by Crippen LogP contribution is -2.39. The molecule has 0 saturated carbocycles. The summed E-state index contributed by atoms with van der Waals surface area (Å²) in [6.07, 6.45) is 3.82. The SMILES string of the molecule is CCNC(=NCc1nccn1Cc1ccccc1)NCCOCc1ccccc1.I. The quantitative estimate of drug-likeness (QED) is 0.185. The second-order valence-electron chi connectivity index (χ2n) is 6.62. The molecule has 3 aromatic rings. The van der Waals surface area contributed by atoms with Crippen LogP contribution in [0.25, 0.3) is 0 Å². The number of hydrogen-bond donors (Lipinski definition) is 2. The minimum absolute atomic E-state index is 0. The first-order valence-corrected chi connectivity index (χ1v) is 10.0. The van der Waals surface area contributed by atoms with Crippen molar-refractivity contribution in [2.24, 2.45) is 4.99 Å². The molecule has 0 fully saturated rings. The number of nitrogens with one attached hydrogen (secondary N) is 2. The maximum Gasteiger partial charge on any atom is 0.191 e. The van der Waals surface area contributed by atoms with Crippen molar-refractivity contribution in [2.45, 2.75) is 26.6 Å². The first-order valence-electron chi connectivity index (χ1n) is 10.0. The number of aliphatic imine (C=N–C) groups is 1. The molecule has 0 radical (unpaired) electrons. The molecule has 0 spiro atoms. The Hall–Kier alpha value is -2.39. The molecule has 2 N–H and O–H groups in total. The van der Waals surface area contributed by atoms with Gasteiger partial charge in [0.15, 0.2) is 5.96 Å². The van der Waals surface area contributed by atoms with Crippen LogP contribution in [0.3, 0.4) is 0 Å². The molecule has 0 aliphatic rings. The van der Waals surface area contributed by atoms with Crippen LogP contribution in [0.4, 0.5) is 0 Å². The van der Waals surface area contributed by atoms with Gasteiger partial charge < -0.3 is 19.9 Å². The van der Waals surface area contributed by atoms with Crippen LogP contribution in [-0.2, 0) is 24.4 Å². The van der Waals surface area contributed by atoms with Crippen molar-refractivity contribution in [1.82, 2.24) is 20.2 Å². The fraction of sp³-hybridized carbons (Fsp3) is 0.304. The number of ether oxygens (including phenoxy) is 1. The Balaban J connectivity index is 0.00000320. The van der Waals surface area contributed by atoms with Crippen molar-refractivity contribution in [1.29, 1.82) is 0 Å². The average molecular weight is 519 g/mol. The Morgan fingerprint density at radius 3 is 2.40 bits per heavy atom. The highest BCUT2D eigenvalue weighted by atomic mass is 127. The average Bonchev–Trinajstić information content (AvgIpc) is 3.20. The maximum absolute atomic E-state index is 5.72. The van der Waals surface area contributed by atoms with E-state index in [2.05, 4.69) is 68.5 Å². The molecule has 0 aliphatic carbocycles. The van der Waals surface area contributed by atoms with Crippen molar-refractivity contribution in [3.05, 3.63) is 90.0 Å². The molecule has 3 rings (SSSR count). The largest absolute Gasteiger partial charge is 0.375 e. The summed E-state index contributed by atoms with van der Waals surface area (Å²) in [6, 6.07) is 20.6. The third-order valence-corrected chi connectivity index (χ3v) is 4.37. The van der Waals surface area contributed by atoms with Gasteiger partial charge in [-0.25, -0.2) is 9.98 Å². The highest BCUT2D eigenvalue weighted by molar-refractivity contribution is 14.0. The molecule has 2 aromatic carbocycles. The van der Waals surface area contributed by atoms with Crippen molar-refractivity contribution in [3.63, 3.8) is 0 Å². The third kappa shape index (κ3) is 8.16. The van der Waals surface area contributed by atoms with Gasteiger partial charge in [0.2, 0.25) is 0 Å². The summed E-state index contributed by atoms with van der Waals surface area (Å²) < 4.78 is 7.85. The molecule has 1 heterocycles. The molecule has 0 amide bonds. The van der Waals surface area contributed by atoms with Gasteiger partial charge in [-0.3, -0.25) is 0 Å². The molecule has 1 aromatic heterocycles. The highest BCUT2D eigenvalue weighted by Gasteiger charge is 2.04. The molecular formula is C23H30IN5O. The van der Waals surface area contributed by atoms with E-state index in [1.54, 1.807) is 0 Å². The van der Waals surface area contributed by atoms with E-state index in [9.17, 15) is 0 Å². The second kappa shape index (κ2) is 13.8. The fourth-order valence-corrected chi connectivity index (χ4v) is 2.91. The van der Waals surface area contributed by atoms with Gasteiger partial charge in [0.25, 0.3) is 0 Å². The van der Waals surface area contributed by atoms with Gasteiger partial charge in [-0.05, 0) is 18.1 Å². The number of imidazole rings is 1. The van der Waals surface area contributed by atoms with Gasteiger partial charge in [0, 0.05) is 32.0 Å². The van der Waals surface area contributed by atoms with Gasteiger partial charge in [0.05, 0.1) is 13.2 Å². The number of aromatic nitrogens is 2. The highest BCUT2D eigenvalue weighted by Crippen LogP contribution is 2.06. The zero-order valence-electron chi connectivity index (χ0n) is 17.3. The van der Waals surface area contributed by atoms with Gasteiger partial charge in [-0.2, -0.15) is 0 Å². The predicted molar refractivity (Wildman–Crippen MR) is 132 cm³/mol. The zero-order valence-corrected chi connectivity index (χ0v) is 19.7. The maximum atomic E-state index is 5.72. The first kappa shape index (κ1) is 23.9. The van der Waals surface area contributed by atoms with Crippen LogP contribution in [-0.4, -0.2) is 35.2 Å². The van der Waals surface area contributed by atoms with Gasteiger partial charge in [-0.1, -0.05) is 60.7 Å². The zero-order chi connectivity index (χ0) is 20.2. The van der Waals surface area contributed by atoms with Crippen LogP contribution in [0.5, 0.6) is 0 Å². The predicted octanol–water partition coefficient (Wildman–Crippen LogP) is 3.82. The van der Waals surface area contributed by atoms with E-state index in [1.807, 2.05) is 36.7 Å². The monoisotopic (exact) mass is 519 g/mol. The van der Waals surface area contributed by atoms with Crippen LogP contribution in [0, 0.1) is 0 Å². The Morgan fingerprint density at radius 2 is 1.70 bits per heavy atom. The minimum atomic E-state index is 0. The van der Waals surface area contributed by atoms with Crippen molar-refractivity contribution in [3.8, 4) is 0 Å². The Morgan fingerprint density at radius 1 is 1.00 bits per heavy atom. The van der Waals surface area contributed by atoms with Crippen LogP contribution in [0.15, 0.2) is 78.0 Å². The Labute approximate surface area is 195 Å². The first-order chi connectivity index (χ1) is 14.3. The van der Waals surface area contributed by atoms with Crippen LogP contribution >= 0.6 is 24.0 Å². The topological polar surface area (TPSA) is 63.5 Å². The smallest absolute Gasteiger partial charge is 0.191 e. The van der Waals surface area contributed by atoms with Crippen LogP contribution in [0.1, 0.15) is 23.9 Å². The molecule has 7 heteroatoms. The Bertz CT molecular complexity index is 868. The lowest BCUT2D eigenvalue weighted by molar-refractivity contribution is 0.125. The number of guanidine groups is 1. The van der Waals surface area contributed by atoms with Crippen molar-refractivity contribution in [2.75, 3.05) is 19.7 Å². The summed E-state index contributed by atoms with van der Waals surface area (Å²) in [5, 5.41) is 6.58. The summed E-state index contributed by atoms with van der Waals surface area (Å²) in [5.41, 5.74) is 2.43. The van der Waals surface area contributed by atoms with E-state index in [-0.39, 0.29) is 24.0 Å². The molecule has 0 aliphatic heterocycles. The van der Waals surface area contributed by atoms with Gasteiger partial charge >= 0.3 is 0 Å². The van der Waals surface area contributed by atoms with E-state index < -0.39 is 0 Å². The number of nitrogens with zero attached hydrogens (tertiary/aromatic N) is 3. The van der Waals surface area contributed by atoms with Gasteiger partial charge in [-0.15, -0.1) is 24.0 Å². The molecule has 6 nitrogen and oxygen atoms in total. The molecule has 30 heavy (non-hydrogen) atoms. The van der Waals surface area contributed by atoms with Crippen LogP contribution < -0.4 is 10.6 Å². The van der Waals surface area contributed by atoms with E-state index in [0.29, 0.717) is 26.3 Å². The minimum Gasteiger partial charge on any atom is -0.375 e. The normalized spacial score (nSPS) is 11.0. The lowest BCUT2D eigenvalue weighted by Gasteiger charge is -2.12. The summed E-state index contributed by atoms with van der Waals surface area (Å²) in [5.74, 6) is 1.71. The second-order valence-corrected chi connectivity index (χ2v) is 6.62. The van der Waals surface area contributed by atoms with Crippen molar-refractivity contribution < 1.29 is 4.74 Å². The Kier molecular flexibility index (Phi) is 11.0. The molecule has 0 unspecified atom stereocenters. The number of benzene rings is 2. The molecule has 160 valence electrons. The third-order valence-electron chi connectivity index (χ3n) is 4.37. The van der Waals surface area contributed by atoms with E-state index in [0.717, 1.165) is 24.9 Å². The van der Waals surface area contributed by atoms with E-state index in [1.165, 1.54) is 11.1 Å². The molecule has 0 bridgehead atoms. The number of hydrogen-bond acceptors (Lipinski definition) is 3.